The maximum absolute atomic E-state index is 12.8. The van der Waals surface area contributed by atoms with Crippen molar-refractivity contribution in [3.63, 3.8) is 0 Å². The second-order valence-electron chi connectivity index (χ2n) is 4.97. The Morgan fingerprint density at radius 3 is 2.27 bits per heavy atom. The fraction of sp³-hybridized carbons (Fsp3) is 0.235. The number of halogens is 3. The van der Waals surface area contributed by atoms with E-state index in [0.29, 0.717) is 23.1 Å². The molecule has 0 bridgehead atoms. The number of oxime groups is 1. The van der Waals surface area contributed by atoms with Gasteiger partial charge in [0.15, 0.2) is 6.29 Å². The number of ether oxygens (including phenoxy) is 2. The molecule has 0 atom stereocenters. The third-order valence-electron chi connectivity index (χ3n) is 3.31. The molecule has 0 aliphatic heterocycles. The second kappa shape index (κ2) is 8.32. The number of hydrogen-bond acceptors (Lipinski definition) is 6. The van der Waals surface area contributed by atoms with Crippen LogP contribution < -0.4 is 9.47 Å². The number of aromatic nitrogens is 1. The number of carbonyl (C=O) groups excluding carboxylic acids is 1. The Labute approximate surface area is 147 Å². The number of benzene rings is 1. The minimum atomic E-state index is -4.60. The molecule has 2 rings (SSSR count). The highest BCUT2D eigenvalue weighted by Crippen LogP contribution is 2.30. The van der Waals surface area contributed by atoms with Crippen LogP contribution in [-0.4, -0.2) is 31.7 Å². The molecule has 0 amide bonds. The first-order valence-electron chi connectivity index (χ1n) is 7.28. The smallest absolute Gasteiger partial charge is 0.416 e. The molecule has 1 heterocycles. The van der Waals surface area contributed by atoms with E-state index in [1.54, 1.807) is 18.2 Å². The van der Waals surface area contributed by atoms with Crippen LogP contribution in [0.5, 0.6) is 11.5 Å². The standard InChI is InChI=1S/C17H15F3N2O4/c1-24-15-4-3-5-16(25-2)14(15)10-26-21-8-12-6-11(17(18,19)20)7-13(9-23)22-12/h3-9H,10H2,1-2H3/b21-8+. The quantitative estimate of drug-likeness (QED) is 0.425. The summed E-state index contributed by atoms with van der Waals surface area (Å²) in [4.78, 5) is 19.6. The number of nitrogens with zero attached hydrogens (tertiary/aromatic N) is 2. The largest absolute Gasteiger partial charge is 0.496 e. The van der Waals surface area contributed by atoms with Crippen LogP contribution in [0.3, 0.4) is 0 Å². The fourth-order valence-electron chi connectivity index (χ4n) is 2.13. The van der Waals surface area contributed by atoms with Crippen molar-refractivity contribution in [1.82, 2.24) is 4.98 Å². The Kier molecular flexibility index (Phi) is 6.16. The van der Waals surface area contributed by atoms with Gasteiger partial charge in [0, 0.05) is 0 Å². The Bertz CT molecular complexity index is 785. The van der Waals surface area contributed by atoms with Gasteiger partial charge in [-0.05, 0) is 24.3 Å². The number of alkyl halides is 3. The molecule has 0 unspecified atom stereocenters. The number of methoxy groups -OCH3 is 2. The molecule has 0 aliphatic rings. The molecule has 0 N–H and O–H groups in total. The van der Waals surface area contributed by atoms with Gasteiger partial charge in [0.05, 0.1) is 37.3 Å². The Morgan fingerprint density at radius 2 is 1.73 bits per heavy atom. The van der Waals surface area contributed by atoms with E-state index < -0.39 is 11.7 Å². The second-order valence-corrected chi connectivity index (χ2v) is 4.97. The van der Waals surface area contributed by atoms with Gasteiger partial charge in [-0.1, -0.05) is 11.2 Å². The number of pyridine rings is 1. The lowest BCUT2D eigenvalue weighted by atomic mass is 10.2. The zero-order valence-corrected chi connectivity index (χ0v) is 13.9. The molecule has 0 spiro atoms. The van der Waals surface area contributed by atoms with Gasteiger partial charge in [-0.2, -0.15) is 13.2 Å². The summed E-state index contributed by atoms with van der Waals surface area (Å²) in [5.41, 5.74) is -0.927. The highest BCUT2D eigenvalue weighted by Gasteiger charge is 2.31. The lowest BCUT2D eigenvalue weighted by molar-refractivity contribution is -0.137. The maximum atomic E-state index is 12.8. The molecule has 1 aromatic carbocycles. The highest BCUT2D eigenvalue weighted by atomic mass is 19.4. The predicted molar refractivity (Wildman–Crippen MR) is 86.6 cm³/mol. The maximum Gasteiger partial charge on any atom is 0.416 e. The molecule has 2 aromatic rings. The molecule has 26 heavy (non-hydrogen) atoms. The zero-order chi connectivity index (χ0) is 19.2. The zero-order valence-electron chi connectivity index (χ0n) is 13.9. The molecule has 0 saturated carbocycles. The van der Waals surface area contributed by atoms with Crippen molar-refractivity contribution >= 4 is 12.5 Å². The van der Waals surface area contributed by atoms with Gasteiger partial charge in [0.25, 0.3) is 0 Å². The van der Waals surface area contributed by atoms with Crippen molar-refractivity contribution in [3.05, 3.63) is 52.8 Å². The SMILES string of the molecule is COc1cccc(OC)c1CO/N=C/c1cc(C(F)(F)F)cc(C=O)n1. The summed E-state index contributed by atoms with van der Waals surface area (Å²) < 4.78 is 48.8. The van der Waals surface area contributed by atoms with Crippen LogP contribution in [0.2, 0.25) is 0 Å². The van der Waals surface area contributed by atoms with Crippen LogP contribution in [0.15, 0.2) is 35.5 Å². The first kappa shape index (κ1) is 19.2. The summed E-state index contributed by atoms with van der Waals surface area (Å²) in [6.07, 6.45) is -3.38. The average Bonchev–Trinajstić information content (AvgIpc) is 2.63. The Morgan fingerprint density at radius 1 is 1.12 bits per heavy atom. The van der Waals surface area contributed by atoms with E-state index in [4.69, 9.17) is 14.3 Å². The minimum absolute atomic E-state index is 0.0385. The summed E-state index contributed by atoms with van der Waals surface area (Å²) in [7, 11) is 2.96. The molecule has 0 fully saturated rings. The molecule has 1 aromatic heterocycles. The van der Waals surface area contributed by atoms with Crippen LogP contribution in [0.25, 0.3) is 0 Å². The number of rotatable bonds is 7. The van der Waals surface area contributed by atoms with E-state index in [-0.39, 0.29) is 24.3 Å². The van der Waals surface area contributed by atoms with Gasteiger partial charge in [-0.3, -0.25) is 4.79 Å². The first-order valence-corrected chi connectivity index (χ1v) is 7.28. The van der Waals surface area contributed by atoms with E-state index in [1.165, 1.54) is 14.2 Å². The van der Waals surface area contributed by atoms with Crippen molar-refractivity contribution in [2.45, 2.75) is 12.8 Å². The van der Waals surface area contributed by atoms with Crippen molar-refractivity contribution in [2.24, 2.45) is 5.16 Å². The Hall–Kier alpha value is -3.10. The van der Waals surface area contributed by atoms with E-state index in [0.717, 1.165) is 12.3 Å². The lowest BCUT2D eigenvalue weighted by Crippen LogP contribution is -2.08. The molecular formula is C17H15F3N2O4. The summed E-state index contributed by atoms with van der Waals surface area (Å²) in [6.45, 7) is -0.0385. The summed E-state index contributed by atoms with van der Waals surface area (Å²) in [6, 6.07) is 6.57. The summed E-state index contributed by atoms with van der Waals surface area (Å²) in [5.74, 6) is 1.03. The van der Waals surface area contributed by atoms with Crippen molar-refractivity contribution in [2.75, 3.05) is 14.2 Å². The van der Waals surface area contributed by atoms with Gasteiger partial charge >= 0.3 is 6.18 Å². The topological polar surface area (TPSA) is 70.0 Å². The van der Waals surface area contributed by atoms with Crippen LogP contribution in [0, 0.1) is 0 Å². The van der Waals surface area contributed by atoms with Gasteiger partial charge in [0.1, 0.15) is 23.8 Å². The molecule has 138 valence electrons. The van der Waals surface area contributed by atoms with E-state index in [2.05, 4.69) is 10.1 Å². The molecule has 0 radical (unpaired) electrons. The van der Waals surface area contributed by atoms with Crippen molar-refractivity contribution in [3.8, 4) is 11.5 Å². The Balaban J connectivity index is 2.16. The van der Waals surface area contributed by atoms with Crippen molar-refractivity contribution in [1.29, 1.82) is 0 Å². The van der Waals surface area contributed by atoms with Gasteiger partial charge < -0.3 is 14.3 Å². The summed E-state index contributed by atoms with van der Waals surface area (Å²) in [5, 5.41) is 3.60. The van der Waals surface area contributed by atoms with Crippen molar-refractivity contribution < 1.29 is 32.3 Å². The molecule has 6 nitrogen and oxygen atoms in total. The molecule has 0 saturated heterocycles. The van der Waals surface area contributed by atoms with E-state index in [1.807, 2.05) is 0 Å². The van der Waals surface area contributed by atoms with Gasteiger partial charge in [-0.15, -0.1) is 0 Å². The predicted octanol–water partition coefficient (Wildman–Crippen LogP) is 3.48. The van der Waals surface area contributed by atoms with Gasteiger partial charge in [-0.25, -0.2) is 4.98 Å². The van der Waals surface area contributed by atoms with Crippen LogP contribution in [0.4, 0.5) is 13.2 Å². The fourth-order valence-corrected chi connectivity index (χ4v) is 2.13. The summed E-state index contributed by atoms with van der Waals surface area (Å²) >= 11 is 0. The van der Waals surface area contributed by atoms with E-state index >= 15 is 0 Å². The lowest BCUT2D eigenvalue weighted by Gasteiger charge is -2.11. The molecular weight excluding hydrogens is 353 g/mol. The van der Waals surface area contributed by atoms with Crippen LogP contribution in [-0.2, 0) is 17.6 Å². The third kappa shape index (κ3) is 4.71. The molecule has 9 heteroatoms. The van der Waals surface area contributed by atoms with Crippen LogP contribution in [0.1, 0.15) is 27.3 Å². The third-order valence-corrected chi connectivity index (χ3v) is 3.31. The molecule has 0 aliphatic carbocycles. The normalized spacial score (nSPS) is 11.4. The average molecular weight is 368 g/mol. The highest BCUT2D eigenvalue weighted by molar-refractivity contribution is 5.80. The number of hydrogen-bond donors (Lipinski definition) is 0. The minimum Gasteiger partial charge on any atom is -0.496 e. The number of aldehydes is 1. The number of carbonyl (C=O) groups is 1. The first-order chi connectivity index (χ1) is 12.4. The van der Waals surface area contributed by atoms with E-state index in [9.17, 15) is 18.0 Å². The van der Waals surface area contributed by atoms with Gasteiger partial charge in [0.2, 0.25) is 0 Å². The monoisotopic (exact) mass is 368 g/mol. The van der Waals surface area contributed by atoms with Crippen LogP contribution >= 0.6 is 0 Å².